The Bertz CT molecular complexity index is 3070. The Kier molecular flexibility index (Phi) is 27.4. The standard InChI is InChI=1S/C67H98ClF4N11O11/c1-16-41(8)56-64(93)78(11)37-55(86)83-30-27-49(83)63(92)80(13)52(35-44-19-23-45(68)24-20-44)62(91)77(10)36-53(84)74-48(26-22-43-21-25-46(47(69)34-43)67(70,71)72)61(90)79(12)51(32-39(4)5)59(88)76-66(28-17-18-29-66)65(94)81(14)50(31-38(2)3)58(87)73-42(9)33-54(85)82(15)57(40(6)7)60(89)75-56/h19-21,23-25,34,38-42,48-52,56-57H,16-18,22,26-33,35-37H2,1-15H3,(H,73,87)(H,74,84)(H,75,89)(H,76,88)/t41-,42+,48-,49-,50-,51+,52-,56-,57-/m0/s1. The van der Waals surface area contributed by atoms with Gasteiger partial charge in [0, 0.05) is 72.7 Å². The van der Waals surface area contributed by atoms with Gasteiger partial charge in [0.1, 0.15) is 53.6 Å². The quantitative estimate of drug-likeness (QED) is 0.190. The van der Waals surface area contributed by atoms with E-state index in [0.29, 0.717) is 42.0 Å². The zero-order valence-corrected chi connectivity index (χ0v) is 57.8. The molecule has 4 N–H and O–H groups in total. The maximum atomic E-state index is 15.2. The molecule has 522 valence electrons. The molecule has 0 bridgehead atoms. The highest BCUT2D eigenvalue weighted by Crippen LogP contribution is 2.35. The van der Waals surface area contributed by atoms with Gasteiger partial charge < -0.3 is 55.6 Å². The van der Waals surface area contributed by atoms with Crippen LogP contribution in [0.5, 0.6) is 0 Å². The summed E-state index contributed by atoms with van der Waals surface area (Å²) in [5.74, 6) is -10.4. The van der Waals surface area contributed by atoms with Crippen molar-refractivity contribution < 1.29 is 70.3 Å². The molecule has 94 heavy (non-hydrogen) atoms. The number of hydrogen-bond donors (Lipinski definition) is 4. The van der Waals surface area contributed by atoms with Crippen LogP contribution in [0.1, 0.15) is 143 Å². The molecule has 2 aromatic carbocycles. The number of carbonyl (C=O) groups excluding carboxylic acids is 11. The van der Waals surface area contributed by atoms with Gasteiger partial charge in [0.25, 0.3) is 0 Å². The molecule has 1 aliphatic carbocycles. The minimum Gasteiger partial charge on any atom is -0.351 e. The van der Waals surface area contributed by atoms with Gasteiger partial charge in [-0.05, 0) is 111 Å². The Labute approximate surface area is 555 Å². The van der Waals surface area contributed by atoms with Gasteiger partial charge in [-0.1, -0.05) is 104 Å². The molecule has 1 saturated carbocycles. The average Bonchev–Trinajstić information content (AvgIpc) is 1.23. The first-order valence-corrected chi connectivity index (χ1v) is 32.9. The Morgan fingerprint density at radius 3 is 1.73 bits per heavy atom. The molecule has 0 aromatic heterocycles. The van der Waals surface area contributed by atoms with Crippen molar-refractivity contribution in [2.24, 2.45) is 23.7 Å². The van der Waals surface area contributed by atoms with Crippen molar-refractivity contribution in [2.45, 2.75) is 199 Å². The van der Waals surface area contributed by atoms with Gasteiger partial charge in [-0.25, -0.2) is 4.39 Å². The first-order chi connectivity index (χ1) is 43.8. The van der Waals surface area contributed by atoms with Gasteiger partial charge in [-0.15, -0.1) is 0 Å². The molecule has 2 saturated heterocycles. The number of rotatable bonds is 12. The molecular formula is C67H98ClF4N11O11. The van der Waals surface area contributed by atoms with Crippen molar-refractivity contribution in [3.63, 3.8) is 0 Å². The normalized spacial score (nSPS) is 25.2. The van der Waals surface area contributed by atoms with Gasteiger partial charge >= 0.3 is 6.18 Å². The molecule has 2 aliphatic heterocycles. The van der Waals surface area contributed by atoms with Crippen molar-refractivity contribution in [3.8, 4) is 0 Å². The number of hydrogen-bond acceptors (Lipinski definition) is 11. The molecule has 2 aromatic rings. The SMILES string of the molecule is CC[C@H](C)[C@@H]1NC(=O)[C@H](C(C)C)N(C)C(=O)C[C@@H](C)NC(=O)[C@H](CC(C)C)N(C)C(=O)C2(CCCC2)NC(=O)[C@@H](CC(C)C)N(C)C(=O)[C@H](CCc2ccc(C(F)(F)F)c(F)c2)NC(=O)CN(C)C(=O)[C@H](Cc2ccc(Cl)cc2)N(C)C(=O)[C@@H]2CCN2C(=O)CN(C)C1=O. The Hall–Kier alpha value is -7.38. The molecule has 3 aliphatic rings. The van der Waals surface area contributed by atoms with E-state index in [-0.39, 0.29) is 81.7 Å². The fourth-order valence-corrected chi connectivity index (χ4v) is 12.7. The molecule has 2 heterocycles. The largest absolute Gasteiger partial charge is 0.419 e. The van der Waals surface area contributed by atoms with E-state index in [2.05, 4.69) is 21.3 Å². The van der Waals surface area contributed by atoms with Crippen LogP contribution >= 0.6 is 11.6 Å². The molecule has 5 rings (SSSR count). The highest BCUT2D eigenvalue weighted by Gasteiger charge is 2.49. The molecule has 0 radical (unpaired) electrons. The molecule has 9 atom stereocenters. The van der Waals surface area contributed by atoms with Crippen LogP contribution in [0.2, 0.25) is 5.02 Å². The van der Waals surface area contributed by atoms with Crippen LogP contribution < -0.4 is 21.3 Å². The van der Waals surface area contributed by atoms with Crippen LogP contribution in [0, 0.1) is 29.5 Å². The second kappa shape index (κ2) is 33.3. The molecule has 11 amide bonds. The molecule has 27 heteroatoms. The summed E-state index contributed by atoms with van der Waals surface area (Å²) in [6.45, 7) is 14.9. The van der Waals surface area contributed by atoms with Gasteiger partial charge in [0.05, 0.1) is 18.7 Å². The monoisotopic (exact) mass is 1340 g/mol. The summed E-state index contributed by atoms with van der Waals surface area (Å²) in [5.41, 5.74) is -2.50. The van der Waals surface area contributed by atoms with E-state index < -0.39 is 161 Å². The number of likely N-dealkylation sites (N-methyl/N-ethyl adjacent to an activating group) is 6. The number of benzene rings is 2. The van der Waals surface area contributed by atoms with Crippen LogP contribution in [0.15, 0.2) is 42.5 Å². The van der Waals surface area contributed by atoms with Crippen molar-refractivity contribution in [3.05, 3.63) is 70.0 Å². The Morgan fingerprint density at radius 2 is 1.20 bits per heavy atom. The maximum absolute atomic E-state index is 15.2. The summed E-state index contributed by atoms with van der Waals surface area (Å²) in [5, 5.41) is 11.8. The summed E-state index contributed by atoms with van der Waals surface area (Å²) in [6.07, 6.45) is -3.92. The van der Waals surface area contributed by atoms with E-state index in [1.807, 2.05) is 20.8 Å². The minimum atomic E-state index is -5.01. The van der Waals surface area contributed by atoms with Crippen LogP contribution in [0.4, 0.5) is 17.6 Å². The molecular weight excluding hydrogens is 1250 g/mol. The lowest BCUT2D eigenvalue weighted by Gasteiger charge is -2.43. The van der Waals surface area contributed by atoms with Crippen molar-refractivity contribution >= 4 is 76.6 Å². The summed E-state index contributed by atoms with van der Waals surface area (Å²) < 4.78 is 56.0. The highest BCUT2D eigenvalue weighted by molar-refractivity contribution is 6.30. The van der Waals surface area contributed by atoms with E-state index in [9.17, 15) is 51.5 Å². The number of halogens is 5. The summed E-state index contributed by atoms with van der Waals surface area (Å²) in [4.78, 5) is 169. The first-order valence-electron chi connectivity index (χ1n) is 32.5. The first kappa shape index (κ1) is 77.3. The zero-order valence-electron chi connectivity index (χ0n) is 57.1. The topological polar surface area (TPSA) is 259 Å². The molecule has 0 unspecified atom stereocenters. The average molecular weight is 1350 g/mol. The number of nitrogens with zero attached hydrogens (tertiary/aromatic N) is 7. The number of aryl methyl sites for hydroxylation is 1. The molecule has 1 spiro atoms. The fourth-order valence-electron chi connectivity index (χ4n) is 12.6. The van der Waals surface area contributed by atoms with Gasteiger partial charge in [-0.3, -0.25) is 52.7 Å². The van der Waals surface area contributed by atoms with Crippen LogP contribution in [-0.2, 0) is 71.8 Å². The van der Waals surface area contributed by atoms with Crippen LogP contribution in [0.3, 0.4) is 0 Å². The number of alkyl halides is 3. The van der Waals surface area contributed by atoms with E-state index in [1.54, 1.807) is 65.8 Å². The van der Waals surface area contributed by atoms with E-state index in [1.165, 1.54) is 61.9 Å². The predicted molar refractivity (Wildman–Crippen MR) is 345 cm³/mol. The van der Waals surface area contributed by atoms with Gasteiger partial charge in [0.15, 0.2) is 0 Å². The predicted octanol–water partition coefficient (Wildman–Crippen LogP) is 5.60. The minimum absolute atomic E-state index is 0.0201. The van der Waals surface area contributed by atoms with Gasteiger partial charge in [0.2, 0.25) is 65.0 Å². The van der Waals surface area contributed by atoms with Crippen LogP contribution in [0.25, 0.3) is 0 Å². The van der Waals surface area contributed by atoms with Crippen molar-refractivity contribution in [2.75, 3.05) is 61.9 Å². The third-order valence-electron chi connectivity index (χ3n) is 18.5. The van der Waals surface area contributed by atoms with Crippen molar-refractivity contribution in [1.29, 1.82) is 0 Å². The fraction of sp³-hybridized carbons (Fsp3) is 0.657. The van der Waals surface area contributed by atoms with E-state index >= 15 is 18.8 Å². The van der Waals surface area contributed by atoms with E-state index in [0.717, 1.165) is 20.8 Å². The third kappa shape index (κ3) is 19.6. The summed E-state index contributed by atoms with van der Waals surface area (Å²) >= 11 is 6.23. The van der Waals surface area contributed by atoms with E-state index in [4.69, 9.17) is 11.6 Å². The number of nitrogens with one attached hydrogen (secondary N) is 4. The number of fused-ring (bicyclic) bond motifs is 1. The number of carbonyl (C=O) groups is 11. The lowest BCUT2D eigenvalue weighted by molar-refractivity contribution is -0.157. The smallest absolute Gasteiger partial charge is 0.351 e. The maximum Gasteiger partial charge on any atom is 0.419 e. The van der Waals surface area contributed by atoms with Gasteiger partial charge in [-0.2, -0.15) is 13.2 Å². The lowest BCUT2D eigenvalue weighted by Crippen LogP contribution is -2.64. The molecule has 3 fully saturated rings. The second-order valence-electron chi connectivity index (χ2n) is 27.2. The number of amides is 11. The Morgan fingerprint density at radius 1 is 0.638 bits per heavy atom. The lowest BCUT2D eigenvalue weighted by atomic mass is 9.91. The Balaban J connectivity index is 1.60. The second-order valence-corrected chi connectivity index (χ2v) is 27.6. The highest BCUT2D eigenvalue weighted by atomic mass is 35.5. The summed E-state index contributed by atoms with van der Waals surface area (Å²) in [7, 11) is 8.28. The zero-order chi connectivity index (χ0) is 70.6. The van der Waals surface area contributed by atoms with Crippen LogP contribution in [-0.4, -0.2) is 215 Å². The summed E-state index contributed by atoms with van der Waals surface area (Å²) in [6, 6.07) is -0.800. The molecule has 22 nitrogen and oxygen atoms in total. The van der Waals surface area contributed by atoms with Crippen molar-refractivity contribution in [1.82, 2.24) is 55.6 Å². The third-order valence-corrected chi connectivity index (χ3v) is 18.7.